The van der Waals surface area contributed by atoms with Crippen LogP contribution in [0.3, 0.4) is 0 Å². The molecule has 62 heavy (non-hydrogen) atoms. The smallest absolute Gasteiger partial charge is 0.322 e. The van der Waals surface area contributed by atoms with E-state index in [1.54, 1.807) is 0 Å². The van der Waals surface area contributed by atoms with Crippen LogP contribution in [0.2, 0.25) is 0 Å². The average molecular weight is 883 g/mol. The average Bonchev–Trinajstić information content (AvgIpc) is 3.60. The topological polar surface area (TPSA) is 143 Å². The molecule has 13 nitrogen and oxygen atoms in total. The van der Waals surface area contributed by atoms with Crippen LogP contribution in [0.25, 0.3) is 0 Å². The second-order valence-electron chi connectivity index (χ2n) is 20.2. The van der Waals surface area contributed by atoms with Gasteiger partial charge in [-0.05, 0) is 114 Å². The molecule has 11 rings (SSSR count). The van der Waals surface area contributed by atoms with Gasteiger partial charge >= 0.3 is 5.97 Å². The summed E-state index contributed by atoms with van der Waals surface area (Å²) in [5.74, 6) is -10.2. The monoisotopic (exact) mass is 882 g/mol. The highest BCUT2D eigenvalue weighted by Gasteiger charge is 2.71. The molecule has 4 bridgehead atoms. The quantitative estimate of drug-likeness (QED) is 0.121. The minimum Gasteiger partial charge on any atom is -0.480 e. The van der Waals surface area contributed by atoms with Crippen LogP contribution in [0, 0.1) is 70.6 Å². The Kier molecular flexibility index (Phi) is 11.8. The van der Waals surface area contributed by atoms with Crippen LogP contribution < -0.4 is 10.2 Å². The third kappa shape index (κ3) is 7.17. The number of rotatable bonds is 12. The van der Waals surface area contributed by atoms with Crippen molar-refractivity contribution in [1.29, 1.82) is 0 Å². The highest BCUT2D eigenvalue weighted by Crippen LogP contribution is 2.62. The van der Waals surface area contributed by atoms with Gasteiger partial charge in [0.25, 0.3) is 0 Å². The lowest BCUT2D eigenvalue weighted by molar-refractivity contribution is -0.571. The lowest BCUT2D eigenvalue weighted by Gasteiger charge is -2.60. The van der Waals surface area contributed by atoms with Gasteiger partial charge in [-0.3, -0.25) is 9.59 Å². The van der Waals surface area contributed by atoms with Crippen LogP contribution in [0.15, 0.2) is 6.07 Å². The molecule has 2 saturated carbocycles. The highest BCUT2D eigenvalue weighted by molar-refractivity contribution is 5.88. The summed E-state index contributed by atoms with van der Waals surface area (Å²) in [6.07, 6.45) is 4.59. The maximum absolute atomic E-state index is 16.0. The van der Waals surface area contributed by atoms with Crippen molar-refractivity contribution < 1.29 is 70.8 Å². The Morgan fingerprint density at radius 3 is 1.74 bits per heavy atom. The zero-order valence-corrected chi connectivity index (χ0v) is 36.5. The van der Waals surface area contributed by atoms with Gasteiger partial charge in [-0.25, -0.2) is 37.1 Å². The fourth-order valence-corrected chi connectivity index (χ4v) is 13.3. The number of carboxylic acids is 1. The molecule has 17 atom stereocenters. The van der Waals surface area contributed by atoms with Crippen LogP contribution in [0.5, 0.6) is 0 Å². The summed E-state index contributed by atoms with van der Waals surface area (Å²) >= 11 is 0. The Balaban J connectivity index is 0.996. The molecule has 1 aromatic carbocycles. The molecule has 0 radical (unpaired) electrons. The molecule has 8 heterocycles. The molecular weight excluding hydrogens is 820 g/mol. The van der Waals surface area contributed by atoms with Gasteiger partial charge in [0.2, 0.25) is 17.5 Å². The van der Waals surface area contributed by atoms with Gasteiger partial charge in [-0.1, -0.05) is 27.7 Å². The van der Waals surface area contributed by atoms with Gasteiger partial charge in [0, 0.05) is 37.3 Å². The number of hydrogen-bond acceptors (Lipinski definition) is 11. The van der Waals surface area contributed by atoms with E-state index >= 15 is 17.6 Å². The molecule has 2 N–H and O–H groups in total. The summed E-state index contributed by atoms with van der Waals surface area (Å²) in [5, 5.41) is 11.9. The fraction of sp³-hybridized carbons (Fsp3) is 0.822. The normalized spacial score (nSPS) is 44.7. The third-order valence-electron chi connectivity index (χ3n) is 16.7. The van der Waals surface area contributed by atoms with Gasteiger partial charge in [0.05, 0.1) is 12.2 Å². The number of anilines is 1. The molecule has 1 amide bonds. The molecule has 7 unspecified atom stereocenters. The molecule has 10 fully saturated rings. The van der Waals surface area contributed by atoms with E-state index in [2.05, 4.69) is 26.1 Å². The number of carbonyl (C=O) groups excluding carboxylic acids is 1. The number of halogens is 4. The molecule has 8 aliphatic heterocycles. The first-order valence-corrected chi connectivity index (χ1v) is 22.9. The predicted molar refractivity (Wildman–Crippen MR) is 210 cm³/mol. The second kappa shape index (κ2) is 16.4. The van der Waals surface area contributed by atoms with E-state index in [0.29, 0.717) is 31.1 Å². The zero-order valence-electron chi connectivity index (χ0n) is 36.5. The van der Waals surface area contributed by atoms with Gasteiger partial charge < -0.3 is 34.3 Å². The van der Waals surface area contributed by atoms with E-state index < -0.39 is 101 Å². The van der Waals surface area contributed by atoms with Crippen molar-refractivity contribution in [2.24, 2.45) is 47.3 Å². The van der Waals surface area contributed by atoms with Gasteiger partial charge in [-0.2, -0.15) is 0 Å². The Morgan fingerprint density at radius 2 is 1.24 bits per heavy atom. The molecule has 0 aromatic heterocycles. The van der Waals surface area contributed by atoms with Crippen molar-refractivity contribution in [2.75, 3.05) is 18.0 Å². The second-order valence-corrected chi connectivity index (χ2v) is 20.2. The standard InChI is InChI=1S/C45H62F4N2O11/c1-22-9-11-28-24(3)33(55-40-44(28)26(22)15-17-42(5,57-40)59-61-44)8-7-19-51(38-36(48)30(46)20-31(47)37(38)49)32(39(54)50-21-35(52)53)13-14-34-25(4)29-12-10-23(2)27-16-18-43(6)58-41(56-34)45(27,29)62-60-43/h20,22-29,32-34,40-41H,7-19,21H2,1-6H3,(H,50,54)(H,52,53)/t22-,23-,24-,25-,26?,27?,28?,29?,32?,33-,34-,40-,41-,42?,43?,44-,45-/m1/s1. The first-order chi connectivity index (χ1) is 29.4. The molecule has 2 spiro atoms. The van der Waals surface area contributed by atoms with Crippen LogP contribution in [0.4, 0.5) is 23.2 Å². The molecule has 346 valence electrons. The first kappa shape index (κ1) is 44.6. The van der Waals surface area contributed by atoms with Crippen molar-refractivity contribution >= 4 is 17.6 Å². The molecular formula is C45H62F4N2O11. The van der Waals surface area contributed by atoms with Crippen molar-refractivity contribution in [3.05, 3.63) is 29.3 Å². The number of hydrogen-bond donors (Lipinski definition) is 2. The van der Waals surface area contributed by atoms with Gasteiger partial charge in [-0.15, -0.1) is 0 Å². The summed E-state index contributed by atoms with van der Waals surface area (Å²) in [7, 11) is 0. The van der Waals surface area contributed by atoms with E-state index in [1.165, 1.54) is 0 Å². The lowest BCUT2D eigenvalue weighted by Crippen LogP contribution is -2.70. The third-order valence-corrected chi connectivity index (χ3v) is 16.7. The summed E-state index contributed by atoms with van der Waals surface area (Å²) < 4.78 is 88.7. The van der Waals surface area contributed by atoms with Crippen molar-refractivity contribution in [1.82, 2.24) is 5.32 Å². The number of carbonyl (C=O) groups is 2. The maximum Gasteiger partial charge on any atom is 0.322 e. The number of carboxylic acid groups (broad SMARTS) is 1. The van der Waals surface area contributed by atoms with Crippen LogP contribution in [-0.2, 0) is 48.1 Å². The number of amides is 1. The van der Waals surface area contributed by atoms with Crippen molar-refractivity contribution in [3.8, 4) is 0 Å². The number of fused-ring (bicyclic) bond motifs is 4. The Labute approximate surface area is 359 Å². The summed E-state index contributed by atoms with van der Waals surface area (Å²) in [4.78, 5) is 51.4. The maximum atomic E-state index is 16.0. The molecule has 2 aliphatic carbocycles. The Hall–Kier alpha value is -2.64. The minimum absolute atomic E-state index is 0.0134. The van der Waals surface area contributed by atoms with E-state index in [4.69, 9.17) is 38.5 Å². The van der Waals surface area contributed by atoms with Gasteiger partial charge in [0.1, 0.15) is 18.3 Å². The Bertz CT molecular complexity index is 1870. The van der Waals surface area contributed by atoms with E-state index in [-0.39, 0.29) is 67.4 Å². The highest BCUT2D eigenvalue weighted by atomic mass is 19.2. The molecule has 17 heteroatoms. The lowest BCUT2D eigenvalue weighted by atomic mass is 9.57. The zero-order chi connectivity index (χ0) is 44.1. The van der Waals surface area contributed by atoms with E-state index in [0.717, 1.165) is 43.4 Å². The Morgan fingerprint density at radius 1 is 0.742 bits per heavy atom. The largest absolute Gasteiger partial charge is 0.480 e. The van der Waals surface area contributed by atoms with Gasteiger partial charge in [0.15, 0.2) is 47.1 Å². The predicted octanol–water partition coefficient (Wildman–Crippen LogP) is 7.68. The molecule has 1 aromatic rings. The molecule has 10 aliphatic rings. The number of aliphatic carboxylic acids is 1. The minimum atomic E-state index is -1.67. The number of nitrogens with zero attached hydrogens (tertiary/aromatic N) is 1. The SMILES string of the molecule is C[C@@H]1CCC2[C@@H](C)[C@@H](CCCN(c3c(F)c(F)cc(F)c3F)C(CC[C@H]3O[C@@H]4OC5(C)CCC6[C@H](C)CCC([C@H]3C)[C@]64OO5)C(=O)NCC(=O)O)O[C@@H]3OC4(C)CCC1[C@@]23OO4. The molecule has 8 saturated heterocycles. The fourth-order valence-electron chi connectivity index (χ4n) is 13.3. The number of benzene rings is 1. The summed E-state index contributed by atoms with van der Waals surface area (Å²) in [6.45, 7) is 11.2. The first-order valence-electron chi connectivity index (χ1n) is 22.9. The van der Waals surface area contributed by atoms with E-state index in [9.17, 15) is 14.7 Å². The van der Waals surface area contributed by atoms with E-state index in [1.807, 2.05) is 20.8 Å². The van der Waals surface area contributed by atoms with Crippen LogP contribution in [-0.4, -0.2) is 83.7 Å². The van der Waals surface area contributed by atoms with Crippen molar-refractivity contribution in [2.45, 2.75) is 172 Å². The van der Waals surface area contributed by atoms with Crippen LogP contribution >= 0.6 is 0 Å². The summed E-state index contributed by atoms with van der Waals surface area (Å²) in [6, 6.07) is -1.35. The van der Waals surface area contributed by atoms with Crippen molar-refractivity contribution in [3.63, 3.8) is 0 Å². The number of ether oxygens (including phenoxy) is 4. The summed E-state index contributed by atoms with van der Waals surface area (Å²) in [5.41, 5.74) is -2.71. The van der Waals surface area contributed by atoms with Crippen LogP contribution in [0.1, 0.15) is 119 Å². The number of nitrogens with one attached hydrogen (secondary N) is 1.